The third-order valence-corrected chi connectivity index (χ3v) is 5.70. The number of nitrogens with zero attached hydrogens (tertiary/aromatic N) is 3. The number of aromatic amines is 1. The minimum Gasteiger partial charge on any atom is -0.370 e. The van der Waals surface area contributed by atoms with Crippen LogP contribution in [0, 0.1) is 19.8 Å². The highest BCUT2D eigenvalue weighted by Gasteiger charge is 2.26. The minimum absolute atomic E-state index is 0.0635. The Labute approximate surface area is 175 Å². The number of primary amides is 1. The maximum absolute atomic E-state index is 13.0. The number of H-pyrrole nitrogens is 1. The van der Waals surface area contributed by atoms with Crippen LogP contribution in [0.15, 0.2) is 5.16 Å². The number of hydrogen-bond donors (Lipinski definition) is 2. The van der Waals surface area contributed by atoms with Crippen LogP contribution in [0.2, 0.25) is 0 Å². The van der Waals surface area contributed by atoms with E-state index in [1.165, 1.54) is 18.7 Å². The van der Waals surface area contributed by atoms with Crippen LogP contribution in [0.25, 0.3) is 0 Å². The zero-order valence-corrected chi connectivity index (χ0v) is 18.6. The highest BCUT2D eigenvalue weighted by molar-refractivity contribution is 8.00. The molecule has 8 nitrogen and oxygen atoms in total. The Morgan fingerprint density at radius 2 is 1.83 bits per heavy atom. The fourth-order valence-corrected chi connectivity index (χ4v) is 4.25. The molecule has 1 atom stereocenters. The maximum Gasteiger partial charge on any atom is 0.217 e. The molecular weight excluding hydrogens is 390 g/mol. The Morgan fingerprint density at radius 3 is 2.34 bits per heavy atom. The molecule has 2 rings (SSSR count). The number of ketones is 2. The summed E-state index contributed by atoms with van der Waals surface area (Å²) in [6, 6.07) is 0. The zero-order chi connectivity index (χ0) is 21.9. The van der Waals surface area contributed by atoms with E-state index in [0.29, 0.717) is 52.4 Å². The summed E-state index contributed by atoms with van der Waals surface area (Å²) in [5.41, 5.74) is 7.67. The van der Waals surface area contributed by atoms with Crippen LogP contribution < -0.4 is 5.73 Å². The number of amides is 1. The molecule has 0 aliphatic rings. The Bertz CT molecular complexity index is 929. The standard InChI is InChI=1S/C20H29N5O3S/c1-10(2)9-25-16(8-7-15(21)27)23-24-20(25)29-14(6)19(28)18-11(3)17(13(5)26)12(4)22-18/h10,14,22H,7-9H2,1-6H3,(H2,21,27)/t14-/m1/s1. The number of aryl methyl sites for hydroxylation is 2. The van der Waals surface area contributed by atoms with E-state index in [0.717, 1.165) is 0 Å². The molecule has 0 saturated heterocycles. The van der Waals surface area contributed by atoms with Gasteiger partial charge in [-0.25, -0.2) is 0 Å². The summed E-state index contributed by atoms with van der Waals surface area (Å²) in [7, 11) is 0. The van der Waals surface area contributed by atoms with Gasteiger partial charge in [0.25, 0.3) is 0 Å². The molecule has 0 aliphatic carbocycles. The number of aromatic nitrogens is 4. The molecule has 0 fully saturated rings. The minimum atomic E-state index is -0.425. The summed E-state index contributed by atoms with van der Waals surface area (Å²) in [6.07, 6.45) is 0.610. The second kappa shape index (κ2) is 9.39. The van der Waals surface area contributed by atoms with E-state index in [2.05, 4.69) is 29.0 Å². The summed E-state index contributed by atoms with van der Waals surface area (Å²) < 4.78 is 1.95. The highest BCUT2D eigenvalue weighted by Crippen LogP contribution is 2.28. The fourth-order valence-electron chi connectivity index (χ4n) is 3.31. The van der Waals surface area contributed by atoms with E-state index in [1.807, 2.05) is 11.5 Å². The molecule has 0 unspecified atom stereocenters. The van der Waals surface area contributed by atoms with Gasteiger partial charge in [-0.15, -0.1) is 10.2 Å². The van der Waals surface area contributed by atoms with Crippen molar-refractivity contribution in [2.45, 2.75) is 71.3 Å². The first-order valence-electron chi connectivity index (χ1n) is 9.64. The van der Waals surface area contributed by atoms with Gasteiger partial charge in [0.2, 0.25) is 5.91 Å². The molecule has 2 heterocycles. The summed E-state index contributed by atoms with van der Waals surface area (Å²) in [4.78, 5) is 39.1. The Morgan fingerprint density at radius 1 is 1.17 bits per heavy atom. The first-order valence-corrected chi connectivity index (χ1v) is 10.5. The maximum atomic E-state index is 13.0. The molecule has 2 aromatic heterocycles. The van der Waals surface area contributed by atoms with E-state index in [1.54, 1.807) is 13.8 Å². The molecule has 2 aromatic rings. The van der Waals surface area contributed by atoms with Gasteiger partial charge in [-0.2, -0.15) is 0 Å². The molecule has 0 saturated carbocycles. The number of carbonyl (C=O) groups excluding carboxylic acids is 3. The smallest absolute Gasteiger partial charge is 0.217 e. The number of nitrogens with one attached hydrogen (secondary N) is 1. The molecule has 3 N–H and O–H groups in total. The second-order valence-corrected chi connectivity index (χ2v) is 8.98. The van der Waals surface area contributed by atoms with Crippen LogP contribution >= 0.6 is 11.8 Å². The predicted molar refractivity (Wildman–Crippen MR) is 112 cm³/mol. The molecule has 0 aromatic carbocycles. The molecule has 0 spiro atoms. The molecule has 0 aliphatic heterocycles. The van der Waals surface area contributed by atoms with Gasteiger partial charge in [0.1, 0.15) is 5.82 Å². The quantitative estimate of drug-likeness (QED) is 0.451. The van der Waals surface area contributed by atoms with E-state index < -0.39 is 5.25 Å². The first kappa shape index (κ1) is 22.9. The average Bonchev–Trinajstić information content (AvgIpc) is 3.12. The fraction of sp³-hybridized carbons (Fsp3) is 0.550. The van der Waals surface area contributed by atoms with Crippen molar-refractivity contribution in [3.8, 4) is 0 Å². The van der Waals surface area contributed by atoms with Crippen LogP contribution in [-0.4, -0.2) is 42.5 Å². The van der Waals surface area contributed by atoms with Gasteiger partial charge < -0.3 is 15.3 Å². The van der Waals surface area contributed by atoms with Gasteiger partial charge >= 0.3 is 0 Å². The third-order valence-electron chi connectivity index (χ3n) is 4.62. The van der Waals surface area contributed by atoms with Crippen molar-refractivity contribution in [2.75, 3.05) is 0 Å². The van der Waals surface area contributed by atoms with Gasteiger partial charge in [0.15, 0.2) is 16.7 Å². The van der Waals surface area contributed by atoms with Crippen LogP contribution in [0.5, 0.6) is 0 Å². The van der Waals surface area contributed by atoms with E-state index >= 15 is 0 Å². The van der Waals surface area contributed by atoms with Gasteiger partial charge in [-0.3, -0.25) is 14.4 Å². The molecule has 1 amide bonds. The van der Waals surface area contributed by atoms with Gasteiger partial charge in [0.05, 0.1) is 10.9 Å². The van der Waals surface area contributed by atoms with Crippen LogP contribution in [-0.2, 0) is 17.8 Å². The van der Waals surface area contributed by atoms with Crippen molar-refractivity contribution >= 4 is 29.2 Å². The monoisotopic (exact) mass is 419 g/mol. The number of carbonyl (C=O) groups is 3. The Balaban J connectivity index is 2.26. The molecule has 9 heteroatoms. The van der Waals surface area contributed by atoms with Crippen molar-refractivity contribution in [1.29, 1.82) is 0 Å². The predicted octanol–water partition coefficient (Wildman–Crippen LogP) is 2.86. The van der Waals surface area contributed by atoms with Crippen molar-refractivity contribution in [1.82, 2.24) is 19.7 Å². The molecule has 0 radical (unpaired) electrons. The lowest BCUT2D eigenvalue weighted by molar-refractivity contribution is -0.118. The lowest BCUT2D eigenvalue weighted by Crippen LogP contribution is -2.18. The van der Waals surface area contributed by atoms with Crippen molar-refractivity contribution < 1.29 is 14.4 Å². The second-order valence-electron chi connectivity index (χ2n) is 7.68. The summed E-state index contributed by atoms with van der Waals surface area (Å²) in [5, 5.41) is 8.66. The van der Waals surface area contributed by atoms with Gasteiger partial charge in [-0.1, -0.05) is 25.6 Å². The lowest BCUT2D eigenvalue weighted by atomic mass is 10.0. The molecule has 0 bridgehead atoms. The number of hydrogen-bond acceptors (Lipinski definition) is 6. The van der Waals surface area contributed by atoms with Crippen molar-refractivity contribution in [3.63, 3.8) is 0 Å². The number of nitrogens with two attached hydrogens (primary N) is 1. The van der Waals surface area contributed by atoms with E-state index in [9.17, 15) is 14.4 Å². The summed E-state index contributed by atoms with van der Waals surface area (Å²) in [6.45, 7) is 11.7. The first-order chi connectivity index (χ1) is 13.5. The Hall–Kier alpha value is -2.42. The third kappa shape index (κ3) is 5.35. The van der Waals surface area contributed by atoms with Crippen molar-refractivity contribution in [2.24, 2.45) is 11.7 Å². The van der Waals surface area contributed by atoms with Crippen LogP contribution in [0.3, 0.4) is 0 Å². The molecular formula is C20H29N5O3S. The summed E-state index contributed by atoms with van der Waals surface area (Å²) >= 11 is 1.32. The zero-order valence-electron chi connectivity index (χ0n) is 17.8. The topological polar surface area (TPSA) is 124 Å². The highest BCUT2D eigenvalue weighted by atomic mass is 32.2. The lowest BCUT2D eigenvalue weighted by Gasteiger charge is -2.14. The summed E-state index contributed by atoms with van der Waals surface area (Å²) in [5.74, 6) is 0.480. The largest absolute Gasteiger partial charge is 0.370 e. The molecule has 29 heavy (non-hydrogen) atoms. The number of Topliss-reactive ketones (excluding diaryl/α,β-unsaturated/α-hetero) is 2. The van der Waals surface area contributed by atoms with Crippen molar-refractivity contribution in [3.05, 3.63) is 28.3 Å². The number of rotatable bonds is 10. The molecule has 158 valence electrons. The normalized spacial score (nSPS) is 12.4. The number of thioether (sulfide) groups is 1. The average molecular weight is 420 g/mol. The van der Waals surface area contributed by atoms with E-state index in [4.69, 9.17) is 5.73 Å². The SMILES string of the molecule is CC(=O)c1c(C)[nH]c(C(=O)[C@@H](C)Sc2nnc(CCC(N)=O)n2CC(C)C)c1C. The van der Waals surface area contributed by atoms with Gasteiger partial charge in [-0.05, 0) is 39.2 Å². The van der Waals surface area contributed by atoms with E-state index in [-0.39, 0.29) is 23.9 Å². The Kier molecular flexibility index (Phi) is 7.40. The van der Waals surface area contributed by atoms with Crippen LogP contribution in [0.4, 0.5) is 0 Å². The van der Waals surface area contributed by atoms with Crippen LogP contribution in [0.1, 0.15) is 72.0 Å². The van der Waals surface area contributed by atoms with Gasteiger partial charge in [0, 0.05) is 30.6 Å².